The quantitative estimate of drug-likeness (QED) is 0.845. The van der Waals surface area contributed by atoms with Crippen molar-refractivity contribution in [1.82, 2.24) is 9.80 Å². The Morgan fingerprint density at radius 3 is 2.70 bits per heavy atom. The number of nitriles is 1. The predicted octanol–water partition coefficient (Wildman–Crippen LogP) is 2.49. The van der Waals surface area contributed by atoms with Gasteiger partial charge in [0.15, 0.2) is 4.67 Å². The highest BCUT2D eigenvalue weighted by Gasteiger charge is 2.27. The van der Waals surface area contributed by atoms with Gasteiger partial charge in [-0.3, -0.25) is 9.69 Å². The molecule has 0 saturated carbocycles. The molecule has 0 aliphatic carbocycles. The van der Waals surface area contributed by atoms with Crippen LogP contribution in [-0.2, 0) is 0 Å². The summed E-state index contributed by atoms with van der Waals surface area (Å²) in [7, 11) is 0. The molecule has 1 fully saturated rings. The third kappa shape index (κ3) is 3.22. The van der Waals surface area contributed by atoms with Gasteiger partial charge in [-0.25, -0.2) is 0 Å². The van der Waals surface area contributed by atoms with Crippen molar-refractivity contribution in [3.05, 3.63) is 22.6 Å². The smallest absolute Gasteiger partial charge is 0.258 e. The van der Waals surface area contributed by atoms with Crippen LogP contribution >= 0.6 is 15.9 Å². The molecule has 6 heteroatoms. The molecule has 1 aromatic rings. The molecular weight excluding hydrogens is 322 g/mol. The third-order valence-electron chi connectivity index (χ3n) is 3.60. The van der Waals surface area contributed by atoms with Gasteiger partial charge in [-0.2, -0.15) is 5.26 Å². The summed E-state index contributed by atoms with van der Waals surface area (Å²) in [5.41, 5.74) is 0.559. The number of amides is 1. The third-order valence-corrected chi connectivity index (χ3v) is 4.22. The van der Waals surface area contributed by atoms with E-state index in [9.17, 15) is 10.1 Å². The number of hydrogen-bond donors (Lipinski definition) is 0. The fourth-order valence-electron chi connectivity index (χ4n) is 2.46. The molecule has 1 aliphatic rings. The zero-order chi connectivity index (χ0) is 14.5. The van der Waals surface area contributed by atoms with Gasteiger partial charge < -0.3 is 9.32 Å². The minimum atomic E-state index is -0.0297. The van der Waals surface area contributed by atoms with E-state index in [-0.39, 0.29) is 11.9 Å². The maximum Gasteiger partial charge on any atom is 0.258 e. The highest BCUT2D eigenvalue weighted by Crippen LogP contribution is 2.20. The van der Waals surface area contributed by atoms with E-state index in [2.05, 4.69) is 33.8 Å². The van der Waals surface area contributed by atoms with Crippen LogP contribution in [0.1, 0.15) is 30.1 Å². The number of rotatable bonds is 4. The zero-order valence-electron chi connectivity index (χ0n) is 11.5. The molecule has 20 heavy (non-hydrogen) atoms. The minimum Gasteiger partial charge on any atom is -0.457 e. The maximum atomic E-state index is 12.3. The van der Waals surface area contributed by atoms with Crippen molar-refractivity contribution in [2.75, 3.05) is 26.2 Å². The Morgan fingerprint density at radius 1 is 1.50 bits per heavy atom. The average molecular weight is 340 g/mol. The van der Waals surface area contributed by atoms with Gasteiger partial charge in [0.1, 0.15) is 0 Å². The van der Waals surface area contributed by atoms with Gasteiger partial charge in [-0.05, 0) is 28.4 Å². The molecule has 1 aromatic heterocycles. The summed E-state index contributed by atoms with van der Waals surface area (Å²) in [5.74, 6) is -0.0192. The van der Waals surface area contributed by atoms with Crippen molar-refractivity contribution >= 4 is 21.8 Å². The number of carbonyl (C=O) groups excluding carboxylic acids is 1. The second-order valence-electron chi connectivity index (χ2n) is 4.87. The van der Waals surface area contributed by atoms with Crippen LogP contribution in [0.15, 0.2) is 21.4 Å². The number of nitrogens with zero attached hydrogens (tertiary/aromatic N) is 3. The Labute approximate surface area is 127 Å². The van der Waals surface area contributed by atoms with Crippen molar-refractivity contribution in [3.63, 3.8) is 0 Å². The van der Waals surface area contributed by atoms with E-state index in [1.807, 2.05) is 4.90 Å². The van der Waals surface area contributed by atoms with Gasteiger partial charge in [-0.1, -0.05) is 13.3 Å². The van der Waals surface area contributed by atoms with Crippen LogP contribution in [-0.4, -0.2) is 47.9 Å². The topological polar surface area (TPSA) is 60.5 Å². The van der Waals surface area contributed by atoms with Crippen LogP contribution in [0, 0.1) is 11.3 Å². The molecule has 1 unspecified atom stereocenters. The maximum absolute atomic E-state index is 12.3. The second kappa shape index (κ2) is 6.91. The highest BCUT2D eigenvalue weighted by molar-refractivity contribution is 9.10. The number of halogens is 1. The molecule has 1 saturated heterocycles. The molecule has 2 heterocycles. The molecule has 1 atom stereocenters. The molecule has 108 valence electrons. The molecule has 0 N–H and O–H groups in total. The molecular formula is C14H18BrN3O2. The van der Waals surface area contributed by atoms with Crippen molar-refractivity contribution < 1.29 is 9.21 Å². The van der Waals surface area contributed by atoms with E-state index in [1.165, 1.54) is 6.26 Å². The van der Waals surface area contributed by atoms with Gasteiger partial charge in [0.25, 0.3) is 5.91 Å². The summed E-state index contributed by atoms with van der Waals surface area (Å²) < 4.78 is 5.58. The Kier molecular flexibility index (Phi) is 5.21. The molecule has 0 aromatic carbocycles. The fourth-order valence-corrected chi connectivity index (χ4v) is 2.87. The first-order valence-electron chi connectivity index (χ1n) is 6.83. The van der Waals surface area contributed by atoms with E-state index >= 15 is 0 Å². The van der Waals surface area contributed by atoms with Gasteiger partial charge >= 0.3 is 0 Å². The van der Waals surface area contributed by atoms with Crippen molar-refractivity contribution in [3.8, 4) is 6.07 Å². The Morgan fingerprint density at radius 2 is 2.20 bits per heavy atom. The number of hydrogen-bond acceptors (Lipinski definition) is 4. The minimum absolute atomic E-state index is 0.0192. The summed E-state index contributed by atoms with van der Waals surface area (Å²) in [6.07, 6.45) is 3.39. The Balaban J connectivity index is 1.93. The summed E-state index contributed by atoms with van der Waals surface area (Å²) in [4.78, 5) is 16.3. The summed E-state index contributed by atoms with van der Waals surface area (Å²) in [6.45, 7) is 4.89. The first-order chi connectivity index (χ1) is 9.67. The molecule has 0 radical (unpaired) electrons. The lowest BCUT2D eigenvalue weighted by atomic mass is 10.1. The summed E-state index contributed by atoms with van der Waals surface area (Å²) >= 11 is 3.23. The molecule has 0 spiro atoms. The fraction of sp³-hybridized carbons (Fsp3) is 0.571. The van der Waals surface area contributed by atoms with Crippen molar-refractivity contribution in [2.24, 2.45) is 0 Å². The van der Waals surface area contributed by atoms with Gasteiger partial charge in [0.2, 0.25) is 0 Å². The van der Waals surface area contributed by atoms with Crippen molar-refractivity contribution in [2.45, 2.75) is 25.8 Å². The van der Waals surface area contributed by atoms with Crippen LogP contribution < -0.4 is 0 Å². The normalized spacial score (nSPS) is 17.8. The predicted molar refractivity (Wildman–Crippen MR) is 78.2 cm³/mol. The lowest BCUT2D eigenvalue weighted by molar-refractivity contribution is 0.0599. The van der Waals surface area contributed by atoms with Crippen LogP contribution in [0.3, 0.4) is 0 Å². The Hall–Kier alpha value is -1.32. The molecule has 1 aliphatic heterocycles. The molecule has 2 rings (SSSR count). The molecule has 1 amide bonds. The number of carbonyl (C=O) groups is 1. The van der Waals surface area contributed by atoms with Gasteiger partial charge in [0.05, 0.1) is 23.9 Å². The van der Waals surface area contributed by atoms with E-state index in [0.29, 0.717) is 23.3 Å². The molecule has 5 nitrogen and oxygen atoms in total. The highest BCUT2D eigenvalue weighted by atomic mass is 79.9. The van der Waals surface area contributed by atoms with Crippen LogP contribution in [0.5, 0.6) is 0 Å². The SMILES string of the molecule is CCCC(C#N)N1CCN(C(=O)c2ccoc2Br)CC1. The largest absolute Gasteiger partial charge is 0.457 e. The van der Waals surface area contributed by atoms with Gasteiger partial charge in [0, 0.05) is 26.2 Å². The van der Waals surface area contributed by atoms with Crippen LogP contribution in [0.25, 0.3) is 0 Å². The van der Waals surface area contributed by atoms with Crippen LogP contribution in [0.2, 0.25) is 0 Å². The lowest BCUT2D eigenvalue weighted by Crippen LogP contribution is -2.51. The Bertz CT molecular complexity index is 501. The first kappa shape index (κ1) is 15.1. The molecule has 0 bridgehead atoms. The van der Waals surface area contributed by atoms with Crippen LogP contribution in [0.4, 0.5) is 0 Å². The number of furan rings is 1. The van der Waals surface area contributed by atoms with Crippen molar-refractivity contribution in [1.29, 1.82) is 5.26 Å². The van der Waals surface area contributed by atoms with E-state index in [4.69, 9.17) is 4.42 Å². The monoisotopic (exact) mass is 339 g/mol. The number of piperazine rings is 1. The summed E-state index contributed by atoms with van der Waals surface area (Å²) in [6, 6.07) is 4.00. The first-order valence-corrected chi connectivity index (χ1v) is 7.62. The lowest BCUT2D eigenvalue weighted by Gasteiger charge is -2.36. The zero-order valence-corrected chi connectivity index (χ0v) is 13.1. The summed E-state index contributed by atoms with van der Waals surface area (Å²) in [5, 5.41) is 9.18. The standard InChI is InChI=1S/C14H18BrN3O2/c1-2-3-11(10-16)17-5-7-18(8-6-17)14(19)12-4-9-20-13(12)15/h4,9,11H,2-3,5-8H2,1H3. The van der Waals surface area contributed by atoms with E-state index in [0.717, 1.165) is 25.9 Å². The second-order valence-corrected chi connectivity index (χ2v) is 5.59. The average Bonchev–Trinajstić information content (AvgIpc) is 2.90. The van der Waals surface area contributed by atoms with Gasteiger partial charge in [-0.15, -0.1) is 0 Å². The van der Waals surface area contributed by atoms with E-state index in [1.54, 1.807) is 6.07 Å². The van der Waals surface area contributed by atoms with E-state index < -0.39 is 0 Å².